The van der Waals surface area contributed by atoms with Gasteiger partial charge in [-0.25, -0.2) is 4.79 Å². The molecule has 0 aliphatic carbocycles. The van der Waals surface area contributed by atoms with Crippen LogP contribution in [0.1, 0.15) is 39.3 Å². The summed E-state index contributed by atoms with van der Waals surface area (Å²) in [6, 6.07) is 8.39. The van der Waals surface area contributed by atoms with Gasteiger partial charge in [0.25, 0.3) is 0 Å². The summed E-state index contributed by atoms with van der Waals surface area (Å²) in [5, 5.41) is 6.12. The van der Waals surface area contributed by atoms with Crippen LogP contribution in [0.4, 0.5) is 10.5 Å². The Morgan fingerprint density at radius 1 is 1.10 bits per heavy atom. The number of hydrogen-bond acceptors (Lipinski definition) is 2. The first-order valence-electron chi connectivity index (χ1n) is 7.17. The van der Waals surface area contributed by atoms with Gasteiger partial charge in [-0.15, -0.1) is 0 Å². The van der Waals surface area contributed by atoms with E-state index in [-0.39, 0.29) is 12.1 Å². The number of hydrogen-bond donors (Lipinski definition) is 2. The Kier molecular flexibility index (Phi) is 6.02. The molecule has 0 bridgehead atoms. The van der Waals surface area contributed by atoms with E-state index < -0.39 is 0 Å². The minimum Gasteiger partial charge on any atom is -0.325 e. The quantitative estimate of drug-likeness (QED) is 0.865. The maximum Gasteiger partial charge on any atom is 0.321 e. The second kappa shape index (κ2) is 7.29. The van der Waals surface area contributed by atoms with Crippen molar-refractivity contribution in [2.75, 3.05) is 19.4 Å². The van der Waals surface area contributed by atoms with Gasteiger partial charge in [-0.2, -0.15) is 0 Å². The number of carbonyl (C=O) groups excluding carboxylic acids is 1. The number of urea groups is 1. The normalized spacial score (nSPS) is 13.9. The number of anilines is 1. The van der Waals surface area contributed by atoms with E-state index in [9.17, 15) is 4.79 Å². The molecule has 2 amide bonds. The topological polar surface area (TPSA) is 44.4 Å². The lowest BCUT2D eigenvalue weighted by Gasteiger charge is -2.28. The lowest BCUT2D eigenvalue weighted by atomic mass is 10.1. The maximum absolute atomic E-state index is 12.1. The van der Waals surface area contributed by atoms with Crippen LogP contribution in [0.3, 0.4) is 0 Å². The van der Waals surface area contributed by atoms with E-state index in [2.05, 4.69) is 38.3 Å². The number of nitrogens with zero attached hydrogens (tertiary/aromatic N) is 1. The molecule has 112 valence electrons. The van der Waals surface area contributed by atoms with E-state index in [0.717, 1.165) is 5.69 Å². The summed E-state index contributed by atoms with van der Waals surface area (Å²) in [5.41, 5.74) is 2.03. The molecule has 0 aromatic heterocycles. The van der Waals surface area contributed by atoms with Crippen molar-refractivity contribution in [3.05, 3.63) is 29.8 Å². The van der Waals surface area contributed by atoms with Crippen LogP contribution in [0.2, 0.25) is 0 Å². The van der Waals surface area contributed by atoms with E-state index in [1.54, 1.807) is 4.90 Å². The van der Waals surface area contributed by atoms with Crippen LogP contribution in [0, 0.1) is 5.92 Å². The molecule has 20 heavy (non-hydrogen) atoms. The largest absolute Gasteiger partial charge is 0.325 e. The zero-order chi connectivity index (χ0) is 15.3. The van der Waals surface area contributed by atoms with Gasteiger partial charge in [0.15, 0.2) is 0 Å². The minimum absolute atomic E-state index is 0.0689. The Morgan fingerprint density at radius 2 is 1.65 bits per heavy atom. The summed E-state index contributed by atoms with van der Waals surface area (Å²) in [6.45, 7) is 8.39. The van der Waals surface area contributed by atoms with Crippen LogP contribution >= 0.6 is 0 Å². The number of carbonyl (C=O) groups is 1. The van der Waals surface area contributed by atoms with E-state index in [4.69, 9.17) is 0 Å². The summed E-state index contributed by atoms with van der Waals surface area (Å²) in [4.78, 5) is 13.9. The summed E-state index contributed by atoms with van der Waals surface area (Å²) in [7, 11) is 3.76. The third kappa shape index (κ3) is 4.23. The Morgan fingerprint density at radius 3 is 2.10 bits per heavy atom. The monoisotopic (exact) mass is 277 g/mol. The molecule has 0 aliphatic rings. The molecule has 2 N–H and O–H groups in total. The van der Waals surface area contributed by atoms with Crippen molar-refractivity contribution in [3.8, 4) is 0 Å². The predicted molar refractivity (Wildman–Crippen MR) is 85.0 cm³/mol. The number of rotatable bonds is 5. The van der Waals surface area contributed by atoms with Gasteiger partial charge in [0.1, 0.15) is 0 Å². The van der Waals surface area contributed by atoms with Gasteiger partial charge in [0.05, 0.1) is 0 Å². The lowest BCUT2D eigenvalue weighted by Crippen LogP contribution is -2.40. The second-order valence-corrected chi connectivity index (χ2v) is 5.66. The van der Waals surface area contributed by atoms with E-state index in [1.165, 1.54) is 5.56 Å². The summed E-state index contributed by atoms with van der Waals surface area (Å²) in [5.74, 6) is 0.435. The zero-order valence-corrected chi connectivity index (χ0v) is 13.4. The van der Waals surface area contributed by atoms with Crippen LogP contribution in [-0.4, -0.2) is 31.1 Å². The zero-order valence-electron chi connectivity index (χ0n) is 13.4. The number of amides is 2. The fourth-order valence-corrected chi connectivity index (χ4v) is 1.87. The lowest BCUT2D eigenvalue weighted by molar-refractivity contribution is 0.193. The highest BCUT2D eigenvalue weighted by molar-refractivity contribution is 5.89. The van der Waals surface area contributed by atoms with Crippen molar-refractivity contribution in [1.82, 2.24) is 10.2 Å². The first kappa shape index (κ1) is 16.5. The molecule has 0 radical (unpaired) electrons. The molecule has 1 rings (SSSR count). The molecule has 4 nitrogen and oxygen atoms in total. The number of benzene rings is 1. The molecule has 2 unspecified atom stereocenters. The van der Waals surface area contributed by atoms with Gasteiger partial charge in [0, 0.05) is 24.8 Å². The Hall–Kier alpha value is -1.55. The number of nitrogens with one attached hydrogen (secondary N) is 2. The molecule has 0 saturated carbocycles. The highest BCUT2D eigenvalue weighted by Crippen LogP contribution is 2.16. The molecule has 0 heterocycles. The van der Waals surface area contributed by atoms with Gasteiger partial charge in [0.2, 0.25) is 0 Å². The average Bonchev–Trinajstić information content (AvgIpc) is 2.45. The Balaban J connectivity index is 2.67. The minimum atomic E-state index is -0.0689. The van der Waals surface area contributed by atoms with Crippen LogP contribution in [-0.2, 0) is 0 Å². The summed E-state index contributed by atoms with van der Waals surface area (Å²) < 4.78 is 0. The van der Waals surface area contributed by atoms with Gasteiger partial charge < -0.3 is 15.5 Å². The Bertz CT molecular complexity index is 428. The van der Waals surface area contributed by atoms with Crippen LogP contribution in [0.5, 0.6) is 0 Å². The first-order chi connectivity index (χ1) is 9.36. The van der Waals surface area contributed by atoms with Gasteiger partial charge >= 0.3 is 6.03 Å². The smallest absolute Gasteiger partial charge is 0.321 e. The van der Waals surface area contributed by atoms with E-state index in [1.807, 2.05) is 38.4 Å². The fraction of sp³-hybridized carbons (Fsp3) is 0.562. The first-order valence-corrected chi connectivity index (χ1v) is 7.17. The molecule has 0 saturated heterocycles. The third-order valence-corrected chi connectivity index (χ3v) is 3.99. The maximum atomic E-state index is 12.1. The molecule has 0 aliphatic heterocycles. The van der Waals surface area contributed by atoms with Crippen LogP contribution in [0.25, 0.3) is 0 Å². The van der Waals surface area contributed by atoms with Crippen molar-refractivity contribution in [1.29, 1.82) is 0 Å². The molecule has 4 heteroatoms. The molecule has 2 atom stereocenters. The van der Waals surface area contributed by atoms with Gasteiger partial charge in [-0.05, 0) is 44.5 Å². The summed E-state index contributed by atoms with van der Waals surface area (Å²) in [6.07, 6.45) is 0. The SMILES string of the molecule is CNC(C)c1ccc(NC(=O)N(C)C(C)C(C)C)cc1. The van der Waals surface area contributed by atoms with Crippen molar-refractivity contribution >= 4 is 11.7 Å². The molecular weight excluding hydrogens is 250 g/mol. The molecular formula is C16H27N3O. The van der Waals surface area contributed by atoms with Crippen molar-refractivity contribution < 1.29 is 4.79 Å². The molecule has 1 aromatic carbocycles. The van der Waals surface area contributed by atoms with Gasteiger partial charge in [-0.1, -0.05) is 26.0 Å². The van der Waals surface area contributed by atoms with Gasteiger partial charge in [-0.3, -0.25) is 0 Å². The molecule has 1 aromatic rings. The molecule has 0 fully saturated rings. The standard InChI is InChI=1S/C16H27N3O/c1-11(2)13(4)19(6)16(20)18-15-9-7-14(8-10-15)12(3)17-5/h7-13,17H,1-6H3,(H,18,20). The van der Waals surface area contributed by atoms with Crippen LogP contribution in [0.15, 0.2) is 24.3 Å². The predicted octanol–water partition coefficient (Wildman–Crippen LogP) is 3.48. The fourth-order valence-electron chi connectivity index (χ4n) is 1.87. The van der Waals surface area contributed by atoms with Crippen molar-refractivity contribution in [3.63, 3.8) is 0 Å². The van der Waals surface area contributed by atoms with Crippen LogP contribution < -0.4 is 10.6 Å². The highest BCUT2D eigenvalue weighted by atomic mass is 16.2. The van der Waals surface area contributed by atoms with E-state index >= 15 is 0 Å². The van der Waals surface area contributed by atoms with Crippen molar-refractivity contribution in [2.45, 2.75) is 39.8 Å². The second-order valence-electron chi connectivity index (χ2n) is 5.66. The Labute approximate surface area is 122 Å². The third-order valence-electron chi connectivity index (χ3n) is 3.99. The molecule has 0 spiro atoms. The summed E-state index contributed by atoms with van der Waals surface area (Å²) >= 11 is 0. The highest BCUT2D eigenvalue weighted by Gasteiger charge is 2.18. The van der Waals surface area contributed by atoms with E-state index in [0.29, 0.717) is 12.0 Å². The average molecular weight is 277 g/mol. The van der Waals surface area contributed by atoms with Crippen molar-refractivity contribution in [2.24, 2.45) is 5.92 Å².